The number of anilines is 1. The van der Waals surface area contributed by atoms with Crippen molar-refractivity contribution in [2.75, 3.05) is 44.3 Å². The highest BCUT2D eigenvalue weighted by Crippen LogP contribution is 2.44. The average Bonchev–Trinajstić information content (AvgIpc) is 3.11. The van der Waals surface area contributed by atoms with Crippen molar-refractivity contribution in [1.82, 2.24) is 9.88 Å². The maximum absolute atomic E-state index is 9.54. The zero-order valence-corrected chi connectivity index (χ0v) is 13.1. The van der Waals surface area contributed by atoms with E-state index in [1.807, 2.05) is 0 Å². The van der Waals surface area contributed by atoms with E-state index in [1.54, 1.807) is 11.3 Å². The van der Waals surface area contributed by atoms with Crippen LogP contribution in [0, 0.1) is 0 Å². The first-order valence-electron chi connectivity index (χ1n) is 8.02. The first kappa shape index (κ1) is 13.9. The molecule has 0 aromatic carbocycles. The van der Waals surface area contributed by atoms with Gasteiger partial charge >= 0.3 is 0 Å². The summed E-state index contributed by atoms with van der Waals surface area (Å²) in [5, 5.41) is 10.7. The highest BCUT2D eigenvalue weighted by atomic mass is 32.1. The van der Waals surface area contributed by atoms with Crippen LogP contribution >= 0.6 is 11.3 Å². The second kappa shape index (κ2) is 5.83. The summed E-state index contributed by atoms with van der Waals surface area (Å²) in [5.74, 6) is 0.620. The van der Waals surface area contributed by atoms with Gasteiger partial charge in [-0.1, -0.05) is 11.3 Å². The first-order chi connectivity index (χ1) is 10.3. The van der Waals surface area contributed by atoms with Crippen molar-refractivity contribution in [3.05, 3.63) is 10.6 Å². The summed E-state index contributed by atoms with van der Waals surface area (Å²) in [7, 11) is 0. The molecule has 1 atom stereocenters. The Hall–Kier alpha value is -0.690. The number of morpholine rings is 1. The molecule has 1 aromatic heterocycles. The van der Waals surface area contributed by atoms with Gasteiger partial charge in [0.25, 0.3) is 0 Å². The van der Waals surface area contributed by atoms with Gasteiger partial charge in [-0.05, 0) is 19.3 Å². The quantitative estimate of drug-likeness (QED) is 0.912. The van der Waals surface area contributed by atoms with E-state index in [0.29, 0.717) is 12.0 Å². The third-order valence-corrected chi connectivity index (χ3v) is 5.94. The van der Waals surface area contributed by atoms with Crippen molar-refractivity contribution < 1.29 is 9.84 Å². The van der Waals surface area contributed by atoms with Crippen LogP contribution in [0.3, 0.4) is 0 Å². The Kier molecular flexibility index (Phi) is 3.87. The number of nitrogens with zero attached hydrogens (tertiary/aromatic N) is 3. The van der Waals surface area contributed by atoms with Crippen LogP contribution in [0.4, 0.5) is 5.13 Å². The maximum Gasteiger partial charge on any atom is 0.185 e. The van der Waals surface area contributed by atoms with Crippen molar-refractivity contribution in [2.24, 2.45) is 0 Å². The van der Waals surface area contributed by atoms with Gasteiger partial charge in [0.05, 0.1) is 30.4 Å². The third-order valence-electron chi connectivity index (χ3n) is 4.82. The summed E-state index contributed by atoms with van der Waals surface area (Å²) >= 11 is 1.70. The van der Waals surface area contributed by atoms with Crippen LogP contribution in [0.2, 0.25) is 0 Å². The van der Waals surface area contributed by atoms with Crippen molar-refractivity contribution in [2.45, 2.75) is 37.8 Å². The normalized spacial score (nSPS) is 27.5. The minimum absolute atomic E-state index is 0.143. The molecule has 3 heterocycles. The lowest BCUT2D eigenvalue weighted by molar-refractivity contribution is 0.0209. The van der Waals surface area contributed by atoms with Crippen molar-refractivity contribution in [3.8, 4) is 0 Å². The third kappa shape index (κ3) is 2.82. The molecule has 1 aromatic rings. The lowest BCUT2D eigenvalue weighted by Crippen LogP contribution is -2.44. The van der Waals surface area contributed by atoms with Crippen LogP contribution in [-0.2, 0) is 11.3 Å². The predicted molar refractivity (Wildman–Crippen MR) is 83.0 cm³/mol. The van der Waals surface area contributed by atoms with E-state index < -0.39 is 0 Å². The van der Waals surface area contributed by atoms with Gasteiger partial charge in [-0.25, -0.2) is 4.98 Å². The van der Waals surface area contributed by atoms with E-state index >= 15 is 0 Å². The molecule has 1 saturated carbocycles. The van der Waals surface area contributed by atoms with Gasteiger partial charge in [0, 0.05) is 38.1 Å². The Morgan fingerprint density at radius 2 is 2.00 bits per heavy atom. The minimum Gasteiger partial charge on any atom is -0.391 e. The number of ether oxygens (including phenoxy) is 1. The Labute approximate surface area is 129 Å². The number of hydrogen-bond acceptors (Lipinski definition) is 6. The lowest BCUT2D eigenvalue weighted by Gasteiger charge is -2.32. The van der Waals surface area contributed by atoms with Crippen LogP contribution in [0.15, 0.2) is 0 Å². The monoisotopic (exact) mass is 309 g/mol. The summed E-state index contributed by atoms with van der Waals surface area (Å²) in [5.41, 5.74) is 1.17. The fourth-order valence-corrected chi connectivity index (χ4v) is 4.47. The molecule has 0 bridgehead atoms. The molecular weight excluding hydrogens is 286 g/mol. The summed E-state index contributed by atoms with van der Waals surface area (Å²) in [6.07, 6.45) is 3.70. The summed E-state index contributed by atoms with van der Waals surface area (Å²) < 4.78 is 5.44. The van der Waals surface area contributed by atoms with Crippen LogP contribution in [-0.4, -0.2) is 60.4 Å². The average molecular weight is 309 g/mol. The van der Waals surface area contributed by atoms with Gasteiger partial charge in [-0.15, -0.1) is 0 Å². The Balaban J connectivity index is 1.45. The van der Waals surface area contributed by atoms with Gasteiger partial charge in [0.2, 0.25) is 0 Å². The van der Waals surface area contributed by atoms with Gasteiger partial charge in [0.1, 0.15) is 0 Å². The van der Waals surface area contributed by atoms with E-state index in [-0.39, 0.29) is 6.61 Å². The number of aliphatic hydroxyl groups is 1. The molecule has 2 aliphatic heterocycles. The second-order valence-electron chi connectivity index (χ2n) is 6.27. The Morgan fingerprint density at radius 3 is 2.71 bits per heavy atom. The van der Waals surface area contributed by atoms with E-state index in [9.17, 15) is 5.11 Å². The molecule has 116 valence electrons. The van der Waals surface area contributed by atoms with Crippen LogP contribution in [0.25, 0.3) is 0 Å². The van der Waals surface area contributed by atoms with Gasteiger partial charge in [-0.2, -0.15) is 0 Å². The molecule has 0 radical (unpaired) electrons. The maximum atomic E-state index is 9.54. The number of hydrogen-bond donors (Lipinski definition) is 1. The SMILES string of the molecule is OCc1sc(N2CCC(N3CCOCC3)C2)nc1C1CC1. The topological polar surface area (TPSA) is 48.8 Å². The van der Waals surface area contributed by atoms with Crippen LogP contribution in [0.5, 0.6) is 0 Å². The fourth-order valence-electron chi connectivity index (χ4n) is 3.43. The molecule has 21 heavy (non-hydrogen) atoms. The molecule has 0 amide bonds. The fraction of sp³-hybridized carbons (Fsp3) is 0.800. The highest BCUT2D eigenvalue weighted by Gasteiger charge is 2.33. The molecule has 1 unspecified atom stereocenters. The van der Waals surface area contributed by atoms with E-state index in [4.69, 9.17) is 9.72 Å². The molecule has 3 aliphatic rings. The Bertz CT molecular complexity index is 497. The molecule has 1 aliphatic carbocycles. The van der Waals surface area contributed by atoms with Gasteiger partial charge < -0.3 is 14.7 Å². The highest BCUT2D eigenvalue weighted by molar-refractivity contribution is 7.15. The number of thiazole rings is 1. The van der Waals surface area contributed by atoms with Gasteiger partial charge in [-0.3, -0.25) is 4.90 Å². The summed E-state index contributed by atoms with van der Waals surface area (Å²) in [6.45, 7) is 6.16. The zero-order valence-electron chi connectivity index (χ0n) is 12.3. The largest absolute Gasteiger partial charge is 0.391 e. The summed E-state index contributed by atoms with van der Waals surface area (Å²) in [6, 6.07) is 0.639. The minimum atomic E-state index is 0.143. The lowest BCUT2D eigenvalue weighted by atomic mass is 10.2. The Morgan fingerprint density at radius 1 is 1.19 bits per heavy atom. The standard InChI is InChI=1S/C15H23N3O2S/c19-10-13-14(11-1-2-11)16-15(21-13)18-4-3-12(9-18)17-5-7-20-8-6-17/h11-12,19H,1-10H2. The van der Waals surface area contributed by atoms with Gasteiger partial charge in [0.15, 0.2) is 5.13 Å². The predicted octanol–water partition coefficient (Wildman–Crippen LogP) is 1.42. The molecule has 1 N–H and O–H groups in total. The van der Waals surface area contributed by atoms with Crippen LogP contribution in [0.1, 0.15) is 35.8 Å². The second-order valence-corrected chi connectivity index (χ2v) is 7.34. The molecule has 5 nitrogen and oxygen atoms in total. The smallest absolute Gasteiger partial charge is 0.185 e. The van der Waals surface area contributed by atoms with Crippen molar-refractivity contribution in [1.29, 1.82) is 0 Å². The summed E-state index contributed by atoms with van der Waals surface area (Å²) in [4.78, 5) is 10.9. The van der Waals surface area contributed by atoms with Crippen molar-refractivity contribution >= 4 is 16.5 Å². The number of aromatic nitrogens is 1. The molecule has 2 saturated heterocycles. The van der Waals surface area contributed by atoms with Crippen LogP contribution < -0.4 is 4.90 Å². The zero-order chi connectivity index (χ0) is 14.2. The van der Waals surface area contributed by atoms with E-state index in [0.717, 1.165) is 49.4 Å². The van der Waals surface area contributed by atoms with Crippen molar-refractivity contribution in [3.63, 3.8) is 0 Å². The molecule has 3 fully saturated rings. The number of rotatable bonds is 4. The first-order valence-corrected chi connectivity index (χ1v) is 8.84. The number of aliphatic hydroxyl groups excluding tert-OH is 1. The molecule has 4 rings (SSSR count). The molecular formula is C15H23N3O2S. The van der Waals surface area contributed by atoms with E-state index in [1.165, 1.54) is 25.0 Å². The molecule has 0 spiro atoms. The molecule has 6 heteroatoms. The van der Waals surface area contributed by atoms with E-state index in [2.05, 4.69) is 9.80 Å².